The molecule has 0 aliphatic carbocycles. The lowest BCUT2D eigenvalue weighted by Gasteiger charge is -2.16. The van der Waals surface area contributed by atoms with Crippen LogP contribution in [0.15, 0.2) is 36.8 Å². The van der Waals surface area contributed by atoms with Gasteiger partial charge in [-0.1, -0.05) is 34.5 Å². The lowest BCUT2D eigenvalue weighted by molar-refractivity contribution is 0.0749. The van der Waals surface area contributed by atoms with Gasteiger partial charge in [-0.3, -0.25) is 24.9 Å². The summed E-state index contributed by atoms with van der Waals surface area (Å²) in [7, 11) is 1.53. The molecule has 0 atom stereocenters. The first kappa shape index (κ1) is 25.1. The maximum atomic E-state index is 13.3. The van der Waals surface area contributed by atoms with Gasteiger partial charge in [0, 0.05) is 29.2 Å². The quantitative estimate of drug-likeness (QED) is 0.331. The van der Waals surface area contributed by atoms with Crippen LogP contribution in [0, 0.1) is 13.8 Å². The topological polar surface area (TPSA) is 110 Å². The lowest BCUT2D eigenvalue weighted by atomic mass is 10.0. The molecule has 1 aliphatic rings. The molecule has 37 heavy (non-hydrogen) atoms. The third-order valence-electron chi connectivity index (χ3n) is 5.87. The molecular weight excluding hydrogens is 535 g/mol. The van der Waals surface area contributed by atoms with E-state index in [4.69, 9.17) is 27.9 Å². The van der Waals surface area contributed by atoms with Crippen LogP contribution in [0.1, 0.15) is 42.7 Å². The fourth-order valence-corrected chi connectivity index (χ4v) is 5.35. The number of methoxy groups -OCH3 is 1. The third kappa shape index (κ3) is 5.00. The zero-order chi connectivity index (χ0) is 26.3. The molecule has 5 rings (SSSR count). The largest absolute Gasteiger partial charge is 0.494 e. The van der Waals surface area contributed by atoms with E-state index >= 15 is 0 Å². The number of halogens is 2. The molecular formula is C25H20Cl2N6O3S. The first-order chi connectivity index (χ1) is 17.7. The highest BCUT2D eigenvalue weighted by atomic mass is 35.5. The van der Waals surface area contributed by atoms with Crippen molar-refractivity contribution < 1.29 is 14.3 Å². The first-order valence-corrected chi connectivity index (χ1v) is 12.7. The van der Waals surface area contributed by atoms with E-state index in [0.717, 1.165) is 16.3 Å². The Labute approximate surface area is 226 Å². The third-order valence-corrected chi connectivity index (χ3v) is 7.29. The molecule has 0 bridgehead atoms. The smallest absolute Gasteiger partial charge is 0.259 e. The van der Waals surface area contributed by atoms with Gasteiger partial charge in [0.15, 0.2) is 5.13 Å². The number of thiazole rings is 1. The molecule has 1 aliphatic heterocycles. The van der Waals surface area contributed by atoms with E-state index in [-0.39, 0.29) is 17.0 Å². The number of fused-ring (bicyclic) bond motifs is 1. The highest BCUT2D eigenvalue weighted by Gasteiger charge is 2.30. The molecule has 4 aromatic rings. The van der Waals surface area contributed by atoms with Gasteiger partial charge < -0.3 is 9.64 Å². The van der Waals surface area contributed by atoms with Crippen molar-refractivity contribution in [2.45, 2.75) is 26.9 Å². The van der Waals surface area contributed by atoms with Gasteiger partial charge in [-0.2, -0.15) is 0 Å². The van der Waals surface area contributed by atoms with Gasteiger partial charge in [-0.25, -0.2) is 9.97 Å². The number of nitrogens with zero attached hydrogens (tertiary/aromatic N) is 5. The fourth-order valence-electron chi connectivity index (χ4n) is 4.05. The Balaban J connectivity index is 1.36. The minimum absolute atomic E-state index is 0.163. The van der Waals surface area contributed by atoms with Crippen LogP contribution in [0.3, 0.4) is 0 Å². The van der Waals surface area contributed by atoms with Gasteiger partial charge in [0.1, 0.15) is 10.9 Å². The van der Waals surface area contributed by atoms with Crippen molar-refractivity contribution in [2.24, 2.45) is 0 Å². The van der Waals surface area contributed by atoms with Crippen LogP contribution in [0.4, 0.5) is 5.13 Å². The second-order valence-corrected chi connectivity index (χ2v) is 10.3. The number of aromatic nitrogens is 4. The summed E-state index contributed by atoms with van der Waals surface area (Å²) < 4.78 is 5.44. The van der Waals surface area contributed by atoms with Gasteiger partial charge >= 0.3 is 0 Å². The number of ether oxygens (including phenoxy) is 1. The van der Waals surface area contributed by atoms with Gasteiger partial charge in [0.05, 0.1) is 58.8 Å². The number of nitrogens with one attached hydrogen (secondary N) is 1. The molecule has 0 unspecified atom stereocenters. The van der Waals surface area contributed by atoms with Crippen molar-refractivity contribution >= 4 is 51.5 Å². The van der Waals surface area contributed by atoms with Gasteiger partial charge in [0.2, 0.25) is 0 Å². The second kappa shape index (κ2) is 10.0. The number of aryl methyl sites for hydroxylation is 2. The van der Waals surface area contributed by atoms with Crippen molar-refractivity contribution in [2.75, 3.05) is 12.4 Å². The fraction of sp³-hybridized carbons (Fsp3) is 0.200. The number of carbonyl (C=O) groups excluding carboxylic acids is 2. The first-order valence-electron chi connectivity index (χ1n) is 11.1. The van der Waals surface area contributed by atoms with E-state index < -0.39 is 0 Å². The molecule has 9 nitrogen and oxygen atoms in total. The maximum absolute atomic E-state index is 13.3. The normalized spacial score (nSPS) is 12.4. The summed E-state index contributed by atoms with van der Waals surface area (Å²) in [5.41, 5.74) is 4.11. The molecule has 0 fully saturated rings. The molecule has 4 aromatic heterocycles. The summed E-state index contributed by atoms with van der Waals surface area (Å²) in [6.07, 6.45) is 4.53. The Bertz CT molecular complexity index is 1530. The Hall–Kier alpha value is -3.60. The Kier molecular flexibility index (Phi) is 6.80. The Morgan fingerprint density at radius 3 is 2.57 bits per heavy atom. The highest BCUT2D eigenvalue weighted by Crippen LogP contribution is 2.36. The molecule has 0 saturated heterocycles. The van der Waals surface area contributed by atoms with E-state index in [0.29, 0.717) is 56.9 Å². The summed E-state index contributed by atoms with van der Waals surface area (Å²) in [6.45, 7) is 4.32. The highest BCUT2D eigenvalue weighted by molar-refractivity contribution is 7.16. The number of rotatable bonds is 5. The summed E-state index contributed by atoms with van der Waals surface area (Å²) in [6, 6.07) is 5.06. The monoisotopic (exact) mass is 554 g/mol. The van der Waals surface area contributed by atoms with Crippen molar-refractivity contribution in [1.82, 2.24) is 24.8 Å². The SMILES string of the molecule is COc1cnc(Cl)cc1-c1cc(C)ncc1C(=O)Nc1nc2c(s1)CN(C(=O)c1cc(Cl)cnc1C)C2. The molecule has 0 spiro atoms. The molecule has 0 radical (unpaired) electrons. The zero-order valence-corrected chi connectivity index (χ0v) is 22.3. The van der Waals surface area contributed by atoms with Crippen LogP contribution in [0.5, 0.6) is 5.75 Å². The molecule has 5 heterocycles. The number of pyridine rings is 3. The molecule has 12 heteroatoms. The predicted octanol–water partition coefficient (Wildman–Crippen LogP) is 5.34. The van der Waals surface area contributed by atoms with E-state index in [9.17, 15) is 9.59 Å². The van der Waals surface area contributed by atoms with Crippen molar-refractivity contribution in [3.05, 3.63) is 80.1 Å². The van der Waals surface area contributed by atoms with E-state index in [1.807, 2.05) is 6.92 Å². The second-order valence-electron chi connectivity index (χ2n) is 8.37. The van der Waals surface area contributed by atoms with Crippen LogP contribution in [0.25, 0.3) is 11.1 Å². The van der Waals surface area contributed by atoms with Crippen molar-refractivity contribution in [3.63, 3.8) is 0 Å². The summed E-state index contributed by atoms with van der Waals surface area (Å²) in [5, 5.41) is 3.99. The average Bonchev–Trinajstić information content (AvgIpc) is 3.43. The van der Waals surface area contributed by atoms with E-state index in [1.165, 1.54) is 37.0 Å². The number of amides is 2. The Morgan fingerprint density at radius 1 is 1.00 bits per heavy atom. The minimum Gasteiger partial charge on any atom is -0.494 e. The molecule has 0 saturated carbocycles. The molecule has 0 aromatic carbocycles. The summed E-state index contributed by atoms with van der Waals surface area (Å²) >= 11 is 13.5. The van der Waals surface area contributed by atoms with Crippen LogP contribution >= 0.6 is 34.5 Å². The van der Waals surface area contributed by atoms with Crippen LogP contribution in [-0.4, -0.2) is 43.8 Å². The van der Waals surface area contributed by atoms with Crippen LogP contribution in [0.2, 0.25) is 10.2 Å². The van der Waals surface area contributed by atoms with Gasteiger partial charge in [-0.05, 0) is 32.0 Å². The minimum atomic E-state index is -0.376. The average molecular weight is 555 g/mol. The number of hydrogen-bond donors (Lipinski definition) is 1. The van der Waals surface area contributed by atoms with Crippen LogP contribution in [-0.2, 0) is 13.1 Å². The molecule has 1 N–H and O–H groups in total. The van der Waals surface area contributed by atoms with Crippen molar-refractivity contribution in [1.29, 1.82) is 0 Å². The summed E-state index contributed by atoms with van der Waals surface area (Å²) in [4.78, 5) is 46.0. The Morgan fingerprint density at radius 2 is 1.81 bits per heavy atom. The molecule has 2 amide bonds. The number of hydrogen-bond acceptors (Lipinski definition) is 8. The van der Waals surface area contributed by atoms with Gasteiger partial charge in [0.25, 0.3) is 11.8 Å². The van der Waals surface area contributed by atoms with E-state index in [1.54, 1.807) is 30.0 Å². The van der Waals surface area contributed by atoms with Gasteiger partial charge in [-0.15, -0.1) is 0 Å². The number of carbonyl (C=O) groups is 2. The maximum Gasteiger partial charge on any atom is 0.259 e. The standard InChI is InChI=1S/C25H20Cl2N6O3S/c1-12-4-16(17-6-22(27)30-9-20(17)36-3)18(8-28-12)23(34)32-25-31-19-10-33(11-21(19)37-25)24(35)15-5-14(26)7-29-13(15)2/h4-9H,10-11H2,1-3H3,(H,31,32,34). The predicted molar refractivity (Wildman–Crippen MR) is 141 cm³/mol. The van der Waals surface area contributed by atoms with Crippen molar-refractivity contribution in [3.8, 4) is 16.9 Å². The summed E-state index contributed by atoms with van der Waals surface area (Å²) in [5.74, 6) is -0.0609. The van der Waals surface area contributed by atoms with E-state index in [2.05, 4.69) is 25.3 Å². The van der Waals surface area contributed by atoms with Crippen LogP contribution < -0.4 is 10.1 Å². The lowest BCUT2D eigenvalue weighted by Crippen LogP contribution is -2.26. The zero-order valence-electron chi connectivity index (χ0n) is 20.0. The number of anilines is 1. The molecule has 188 valence electrons.